The Kier molecular flexibility index (Phi) is 5.42. The summed E-state index contributed by atoms with van der Waals surface area (Å²) in [5.74, 6) is 1.56. The maximum atomic E-state index is 11.9. The molecule has 7 nitrogen and oxygen atoms in total. The molecule has 0 saturated carbocycles. The van der Waals surface area contributed by atoms with Crippen molar-refractivity contribution in [2.75, 3.05) is 37.6 Å². The third kappa shape index (κ3) is 4.04. The number of aryl methyl sites for hydroxylation is 1. The predicted octanol–water partition coefficient (Wildman–Crippen LogP) is 1.95. The van der Waals surface area contributed by atoms with E-state index in [1.807, 2.05) is 36.1 Å². The maximum absolute atomic E-state index is 11.9. The molecule has 1 aliphatic rings. The van der Waals surface area contributed by atoms with E-state index in [4.69, 9.17) is 4.98 Å². The number of anilines is 1. The van der Waals surface area contributed by atoms with Gasteiger partial charge in [0.25, 0.3) is 0 Å². The summed E-state index contributed by atoms with van der Waals surface area (Å²) in [7, 11) is 0. The highest BCUT2D eigenvalue weighted by Crippen LogP contribution is 2.20. The summed E-state index contributed by atoms with van der Waals surface area (Å²) < 4.78 is 0. The normalized spacial score (nSPS) is 14.5. The first kappa shape index (κ1) is 17.1. The molecule has 2 aromatic heterocycles. The second-order valence-corrected chi connectivity index (χ2v) is 5.92. The molecule has 2 amide bonds. The molecule has 0 atom stereocenters. The van der Waals surface area contributed by atoms with Gasteiger partial charge in [0.2, 0.25) is 0 Å². The van der Waals surface area contributed by atoms with Crippen molar-refractivity contribution in [2.45, 2.75) is 20.3 Å². The van der Waals surface area contributed by atoms with E-state index in [-0.39, 0.29) is 6.03 Å². The second kappa shape index (κ2) is 7.92. The van der Waals surface area contributed by atoms with E-state index in [2.05, 4.69) is 27.1 Å². The minimum absolute atomic E-state index is 0.00765. The summed E-state index contributed by atoms with van der Waals surface area (Å²) in [6, 6.07) is 7.79. The van der Waals surface area contributed by atoms with Crippen molar-refractivity contribution in [3.05, 3.63) is 36.2 Å². The zero-order valence-electron chi connectivity index (χ0n) is 14.8. The first-order valence-electron chi connectivity index (χ1n) is 8.78. The van der Waals surface area contributed by atoms with Crippen LogP contribution in [0.1, 0.15) is 19.5 Å². The molecule has 1 aliphatic heterocycles. The molecule has 1 N–H and O–H groups in total. The van der Waals surface area contributed by atoms with Crippen molar-refractivity contribution < 1.29 is 4.79 Å². The number of carbonyl (C=O) groups excluding carboxylic acids is 1. The van der Waals surface area contributed by atoms with Gasteiger partial charge < -0.3 is 15.1 Å². The third-order valence-corrected chi connectivity index (χ3v) is 4.24. The van der Waals surface area contributed by atoms with E-state index in [0.29, 0.717) is 25.5 Å². The van der Waals surface area contributed by atoms with Gasteiger partial charge in [-0.15, -0.1) is 0 Å². The number of nitrogens with one attached hydrogen (secondary N) is 1. The highest BCUT2D eigenvalue weighted by atomic mass is 16.2. The Hall–Kier alpha value is -2.70. The summed E-state index contributed by atoms with van der Waals surface area (Å²) in [6.45, 7) is 7.57. The lowest BCUT2D eigenvalue weighted by Gasteiger charge is -2.35. The zero-order valence-corrected chi connectivity index (χ0v) is 14.8. The molecule has 7 heteroatoms. The monoisotopic (exact) mass is 340 g/mol. The van der Waals surface area contributed by atoms with Gasteiger partial charge in [0.15, 0.2) is 5.82 Å². The highest BCUT2D eigenvalue weighted by Gasteiger charge is 2.22. The number of urea groups is 1. The van der Waals surface area contributed by atoms with Gasteiger partial charge in [-0.2, -0.15) is 0 Å². The van der Waals surface area contributed by atoms with Gasteiger partial charge in [0.05, 0.1) is 0 Å². The molecule has 0 radical (unpaired) electrons. The van der Waals surface area contributed by atoms with Crippen molar-refractivity contribution in [2.24, 2.45) is 0 Å². The smallest absolute Gasteiger partial charge is 0.317 e. The van der Waals surface area contributed by atoms with E-state index in [1.54, 1.807) is 6.20 Å². The van der Waals surface area contributed by atoms with Crippen LogP contribution in [0.4, 0.5) is 10.6 Å². The van der Waals surface area contributed by atoms with Crippen molar-refractivity contribution in [1.82, 2.24) is 25.2 Å². The minimum atomic E-state index is 0.00765. The van der Waals surface area contributed by atoms with Gasteiger partial charge in [-0.25, -0.2) is 14.8 Å². The van der Waals surface area contributed by atoms with Crippen molar-refractivity contribution in [3.8, 4) is 11.5 Å². The van der Waals surface area contributed by atoms with Crippen LogP contribution in [-0.4, -0.2) is 58.6 Å². The lowest BCUT2D eigenvalue weighted by atomic mass is 10.2. The topological polar surface area (TPSA) is 74.2 Å². The average Bonchev–Trinajstić information content (AvgIpc) is 2.68. The van der Waals surface area contributed by atoms with Crippen LogP contribution in [0.2, 0.25) is 0 Å². The first-order valence-corrected chi connectivity index (χ1v) is 8.78. The number of hydrogen-bond acceptors (Lipinski definition) is 5. The number of aromatic nitrogens is 3. The lowest BCUT2D eigenvalue weighted by molar-refractivity contribution is 0.195. The van der Waals surface area contributed by atoms with Crippen molar-refractivity contribution in [1.29, 1.82) is 0 Å². The standard InChI is InChI=1S/C18H24N6O/c1-3-14-13-16(22-17(21-14)15-7-5-6-8-20-15)23-9-11-24(12-10-23)18(25)19-4-2/h5-8,13H,3-4,9-12H2,1-2H3,(H,19,25). The number of nitrogens with zero attached hydrogens (tertiary/aromatic N) is 5. The Bertz CT molecular complexity index is 713. The van der Waals surface area contributed by atoms with Gasteiger partial charge in [-0.1, -0.05) is 13.0 Å². The van der Waals surface area contributed by atoms with Gasteiger partial charge in [-0.3, -0.25) is 4.98 Å². The molecule has 0 spiro atoms. The fourth-order valence-electron chi connectivity index (χ4n) is 2.84. The maximum Gasteiger partial charge on any atom is 0.317 e. The predicted molar refractivity (Wildman–Crippen MR) is 97.5 cm³/mol. The van der Waals surface area contributed by atoms with Crippen LogP contribution in [0.25, 0.3) is 11.5 Å². The largest absolute Gasteiger partial charge is 0.353 e. The fourth-order valence-corrected chi connectivity index (χ4v) is 2.84. The third-order valence-electron chi connectivity index (χ3n) is 4.24. The summed E-state index contributed by atoms with van der Waals surface area (Å²) in [5.41, 5.74) is 1.77. The van der Waals surface area contributed by atoms with E-state index >= 15 is 0 Å². The Morgan fingerprint density at radius 3 is 2.60 bits per heavy atom. The molecular formula is C18H24N6O. The Morgan fingerprint density at radius 2 is 1.96 bits per heavy atom. The Morgan fingerprint density at radius 1 is 1.16 bits per heavy atom. The Balaban J connectivity index is 1.78. The van der Waals surface area contributed by atoms with Crippen LogP contribution in [0.5, 0.6) is 0 Å². The SMILES string of the molecule is CCNC(=O)N1CCN(c2cc(CC)nc(-c3ccccn3)n2)CC1. The number of amides is 2. The number of piperazine rings is 1. The highest BCUT2D eigenvalue weighted by molar-refractivity contribution is 5.74. The van der Waals surface area contributed by atoms with Gasteiger partial charge >= 0.3 is 6.03 Å². The molecule has 3 heterocycles. The average molecular weight is 340 g/mol. The summed E-state index contributed by atoms with van der Waals surface area (Å²) in [6.07, 6.45) is 2.59. The van der Waals surface area contributed by atoms with Crippen LogP contribution in [0, 0.1) is 0 Å². The molecule has 1 saturated heterocycles. The Labute approximate surface area is 148 Å². The minimum Gasteiger partial charge on any atom is -0.353 e. The van der Waals surface area contributed by atoms with Gasteiger partial charge in [0.1, 0.15) is 11.5 Å². The first-order chi connectivity index (χ1) is 12.2. The zero-order chi connectivity index (χ0) is 17.6. The van der Waals surface area contributed by atoms with E-state index in [1.165, 1.54) is 0 Å². The molecule has 0 bridgehead atoms. The van der Waals surface area contributed by atoms with E-state index in [9.17, 15) is 4.79 Å². The number of rotatable bonds is 4. The lowest BCUT2D eigenvalue weighted by Crippen LogP contribution is -2.52. The number of carbonyl (C=O) groups is 1. The fraction of sp³-hybridized carbons (Fsp3) is 0.444. The molecule has 0 aliphatic carbocycles. The molecule has 3 rings (SSSR count). The molecule has 0 aromatic carbocycles. The molecule has 2 aromatic rings. The number of hydrogen-bond donors (Lipinski definition) is 1. The quantitative estimate of drug-likeness (QED) is 0.921. The van der Waals surface area contributed by atoms with Crippen LogP contribution in [-0.2, 0) is 6.42 Å². The van der Waals surface area contributed by atoms with Crippen LogP contribution in [0.15, 0.2) is 30.5 Å². The molecule has 132 valence electrons. The van der Waals surface area contributed by atoms with E-state index in [0.717, 1.165) is 36.7 Å². The summed E-state index contributed by atoms with van der Waals surface area (Å²) in [4.78, 5) is 29.7. The van der Waals surface area contributed by atoms with Crippen molar-refractivity contribution >= 4 is 11.8 Å². The van der Waals surface area contributed by atoms with Gasteiger partial charge in [-0.05, 0) is 25.5 Å². The van der Waals surface area contributed by atoms with Crippen LogP contribution < -0.4 is 10.2 Å². The van der Waals surface area contributed by atoms with Crippen molar-refractivity contribution in [3.63, 3.8) is 0 Å². The van der Waals surface area contributed by atoms with Crippen LogP contribution >= 0.6 is 0 Å². The molecule has 25 heavy (non-hydrogen) atoms. The summed E-state index contributed by atoms with van der Waals surface area (Å²) in [5, 5.41) is 2.85. The summed E-state index contributed by atoms with van der Waals surface area (Å²) >= 11 is 0. The molecule has 0 unspecified atom stereocenters. The second-order valence-electron chi connectivity index (χ2n) is 5.92. The molecular weight excluding hydrogens is 316 g/mol. The van der Waals surface area contributed by atoms with Crippen LogP contribution in [0.3, 0.4) is 0 Å². The number of pyridine rings is 1. The molecule has 1 fully saturated rings. The van der Waals surface area contributed by atoms with Gasteiger partial charge in [0, 0.05) is 50.7 Å². The van der Waals surface area contributed by atoms with E-state index < -0.39 is 0 Å².